The normalized spacial score (nSPS) is 11.5. The Hall–Kier alpha value is -1.24. The molecule has 7 heteroatoms. The van der Waals surface area contributed by atoms with Gasteiger partial charge in [-0.2, -0.15) is 8.42 Å². The van der Waals surface area contributed by atoms with E-state index in [4.69, 9.17) is 0 Å². The van der Waals surface area contributed by atoms with Crippen LogP contribution in [0, 0.1) is 11.6 Å². The zero-order chi connectivity index (χ0) is 11.6. The van der Waals surface area contributed by atoms with E-state index in [0.717, 1.165) is 12.1 Å². The van der Waals surface area contributed by atoms with Crippen molar-refractivity contribution in [3.63, 3.8) is 0 Å². The van der Waals surface area contributed by atoms with E-state index in [1.807, 2.05) is 0 Å². The van der Waals surface area contributed by atoms with Gasteiger partial charge in [-0.1, -0.05) is 0 Å². The van der Waals surface area contributed by atoms with Crippen LogP contribution >= 0.6 is 0 Å². The number of halogens is 3. The summed E-state index contributed by atoms with van der Waals surface area (Å²) in [7, 11) is -3.77. The molecule has 0 saturated heterocycles. The molecule has 1 aromatic rings. The molecule has 15 heavy (non-hydrogen) atoms. The second-order valence-corrected chi connectivity index (χ2v) is 4.12. The third kappa shape index (κ3) is 3.12. The number of methoxy groups -OCH3 is 1. The molecule has 0 aliphatic rings. The Morgan fingerprint density at radius 3 is 2.07 bits per heavy atom. The van der Waals surface area contributed by atoms with Gasteiger partial charge in [-0.15, -0.1) is 3.89 Å². The Labute approximate surface area is 84.7 Å². The molecule has 0 heterocycles. The van der Waals surface area contributed by atoms with Crippen LogP contribution in [0.5, 0.6) is 5.75 Å². The van der Waals surface area contributed by atoms with E-state index >= 15 is 0 Å². The third-order valence-corrected chi connectivity index (χ3v) is 2.30. The van der Waals surface area contributed by atoms with Crippen LogP contribution < -0.4 is 4.74 Å². The molecule has 0 N–H and O–H groups in total. The fraction of sp³-hybridized carbons (Fsp3) is 0.250. The fourth-order valence-corrected chi connectivity index (χ4v) is 1.63. The molecule has 0 amide bonds. The van der Waals surface area contributed by atoms with Gasteiger partial charge in [0.15, 0.2) is 0 Å². The molecule has 0 spiro atoms. The van der Waals surface area contributed by atoms with Gasteiger partial charge in [0.2, 0.25) is 0 Å². The maximum atomic E-state index is 13.1. The lowest BCUT2D eigenvalue weighted by molar-refractivity contribution is 0.405. The van der Waals surface area contributed by atoms with Crippen molar-refractivity contribution in [2.75, 3.05) is 7.11 Å². The Kier molecular flexibility index (Phi) is 3.23. The highest BCUT2D eigenvalue weighted by Crippen LogP contribution is 2.22. The van der Waals surface area contributed by atoms with Crippen molar-refractivity contribution in [1.29, 1.82) is 0 Å². The molecule has 0 unspecified atom stereocenters. The highest BCUT2D eigenvalue weighted by atomic mass is 32.3. The van der Waals surface area contributed by atoms with Gasteiger partial charge in [0.1, 0.15) is 23.1 Å². The summed E-state index contributed by atoms with van der Waals surface area (Å²) in [6, 6.07) is 1.56. The molecule has 1 rings (SSSR count). The first-order valence-electron chi connectivity index (χ1n) is 3.77. The molecule has 0 aliphatic carbocycles. The standard InChI is InChI=1S/C8H7F3O3S/c1-14-5-2-7(9)6(8(10)3-5)4-15(11,12)13/h2-3H,4H2,1H3. The van der Waals surface area contributed by atoms with Crippen molar-refractivity contribution in [3.05, 3.63) is 29.3 Å². The van der Waals surface area contributed by atoms with Gasteiger partial charge in [-0.3, -0.25) is 0 Å². The molecule has 0 saturated carbocycles. The summed E-state index contributed by atoms with van der Waals surface area (Å²) in [5, 5.41) is 0. The summed E-state index contributed by atoms with van der Waals surface area (Å²) < 4.78 is 63.4. The molecule has 0 aliphatic heterocycles. The minimum atomic E-state index is -4.96. The van der Waals surface area contributed by atoms with Crippen LogP contribution in [-0.4, -0.2) is 15.5 Å². The van der Waals surface area contributed by atoms with E-state index < -0.39 is 33.2 Å². The molecule has 0 aromatic heterocycles. The minimum absolute atomic E-state index is 0.106. The van der Waals surface area contributed by atoms with E-state index in [1.165, 1.54) is 7.11 Å². The van der Waals surface area contributed by atoms with Crippen LogP contribution in [0.25, 0.3) is 0 Å². The highest BCUT2D eigenvalue weighted by molar-refractivity contribution is 7.85. The Morgan fingerprint density at radius 1 is 1.27 bits per heavy atom. The van der Waals surface area contributed by atoms with E-state index in [0.29, 0.717) is 0 Å². The molecule has 0 atom stereocenters. The Morgan fingerprint density at radius 2 is 1.73 bits per heavy atom. The SMILES string of the molecule is COc1cc(F)c(CS(=O)(=O)F)c(F)c1. The van der Waals surface area contributed by atoms with E-state index in [-0.39, 0.29) is 5.75 Å². The average molecular weight is 240 g/mol. The number of hydrogen-bond donors (Lipinski definition) is 0. The smallest absolute Gasteiger partial charge is 0.306 e. The maximum absolute atomic E-state index is 13.1. The first-order chi connectivity index (χ1) is 6.83. The lowest BCUT2D eigenvalue weighted by Gasteiger charge is -2.05. The quantitative estimate of drug-likeness (QED) is 0.756. The maximum Gasteiger partial charge on any atom is 0.306 e. The van der Waals surface area contributed by atoms with E-state index in [1.54, 1.807) is 0 Å². The fourth-order valence-electron chi connectivity index (χ4n) is 1.01. The van der Waals surface area contributed by atoms with Gasteiger partial charge in [-0.25, -0.2) is 8.78 Å². The molecule has 0 radical (unpaired) electrons. The van der Waals surface area contributed by atoms with Crippen LogP contribution in [-0.2, 0) is 16.0 Å². The first-order valence-corrected chi connectivity index (χ1v) is 5.33. The molecule has 0 fully saturated rings. The predicted octanol–water partition coefficient (Wildman–Crippen LogP) is 1.77. The number of benzene rings is 1. The zero-order valence-electron chi connectivity index (χ0n) is 7.63. The van der Waals surface area contributed by atoms with Crippen LogP contribution in [0.15, 0.2) is 12.1 Å². The molecule has 1 aromatic carbocycles. The number of hydrogen-bond acceptors (Lipinski definition) is 3. The van der Waals surface area contributed by atoms with Crippen molar-refractivity contribution in [2.45, 2.75) is 5.75 Å². The summed E-state index contributed by atoms with van der Waals surface area (Å²) in [6.45, 7) is 0. The van der Waals surface area contributed by atoms with Crippen LogP contribution in [0.4, 0.5) is 12.7 Å². The summed E-state index contributed by atoms with van der Waals surface area (Å²) in [5.74, 6) is -3.75. The molecular formula is C8H7F3O3S. The van der Waals surface area contributed by atoms with Gasteiger partial charge in [0, 0.05) is 17.7 Å². The lowest BCUT2D eigenvalue weighted by atomic mass is 10.2. The molecule has 3 nitrogen and oxygen atoms in total. The summed E-state index contributed by atoms with van der Waals surface area (Å²) >= 11 is 0. The van der Waals surface area contributed by atoms with Crippen molar-refractivity contribution >= 4 is 10.2 Å². The van der Waals surface area contributed by atoms with Crippen LogP contribution in [0.2, 0.25) is 0 Å². The predicted molar refractivity (Wildman–Crippen MR) is 46.6 cm³/mol. The minimum Gasteiger partial charge on any atom is -0.497 e. The average Bonchev–Trinajstić information content (AvgIpc) is 2.09. The highest BCUT2D eigenvalue weighted by Gasteiger charge is 2.18. The van der Waals surface area contributed by atoms with Gasteiger partial charge in [-0.05, 0) is 0 Å². The largest absolute Gasteiger partial charge is 0.497 e. The van der Waals surface area contributed by atoms with Crippen LogP contribution in [0.3, 0.4) is 0 Å². The molecule has 0 bridgehead atoms. The van der Waals surface area contributed by atoms with Gasteiger partial charge < -0.3 is 4.74 Å². The van der Waals surface area contributed by atoms with Gasteiger partial charge in [0.05, 0.1) is 7.11 Å². The van der Waals surface area contributed by atoms with E-state index in [2.05, 4.69) is 4.74 Å². The molecular weight excluding hydrogens is 233 g/mol. The van der Waals surface area contributed by atoms with Crippen molar-refractivity contribution in [1.82, 2.24) is 0 Å². The zero-order valence-corrected chi connectivity index (χ0v) is 8.45. The number of rotatable bonds is 3. The Balaban J connectivity index is 3.20. The van der Waals surface area contributed by atoms with Crippen molar-refractivity contribution < 1.29 is 25.8 Å². The van der Waals surface area contributed by atoms with Gasteiger partial charge >= 0.3 is 10.2 Å². The first kappa shape index (κ1) is 11.8. The monoisotopic (exact) mass is 240 g/mol. The van der Waals surface area contributed by atoms with E-state index in [9.17, 15) is 21.1 Å². The van der Waals surface area contributed by atoms with Gasteiger partial charge in [0.25, 0.3) is 0 Å². The van der Waals surface area contributed by atoms with Crippen molar-refractivity contribution in [3.8, 4) is 5.75 Å². The van der Waals surface area contributed by atoms with Crippen molar-refractivity contribution in [2.24, 2.45) is 0 Å². The second kappa shape index (κ2) is 4.09. The summed E-state index contributed by atoms with van der Waals surface area (Å²) in [5.41, 5.74) is -0.835. The lowest BCUT2D eigenvalue weighted by Crippen LogP contribution is -2.03. The Bertz CT molecular complexity index is 447. The summed E-state index contributed by atoms with van der Waals surface area (Å²) in [6.07, 6.45) is 0. The number of ether oxygens (including phenoxy) is 1. The summed E-state index contributed by atoms with van der Waals surface area (Å²) in [4.78, 5) is 0. The van der Waals surface area contributed by atoms with Crippen LogP contribution in [0.1, 0.15) is 5.56 Å². The topological polar surface area (TPSA) is 43.4 Å². The third-order valence-electron chi connectivity index (χ3n) is 1.67. The second-order valence-electron chi connectivity index (χ2n) is 2.75. The molecule has 84 valence electrons.